The number of rotatable bonds is 7. The lowest BCUT2D eigenvalue weighted by Gasteiger charge is -2.10. The first-order valence-corrected chi connectivity index (χ1v) is 7.71. The summed E-state index contributed by atoms with van der Waals surface area (Å²) in [7, 11) is 0. The van der Waals surface area contributed by atoms with Crippen molar-refractivity contribution < 1.29 is 14.3 Å². The third-order valence-corrected chi connectivity index (χ3v) is 4.15. The lowest BCUT2D eigenvalue weighted by molar-refractivity contribution is -0.128. The van der Waals surface area contributed by atoms with Crippen LogP contribution in [0.5, 0.6) is 5.75 Å². The van der Waals surface area contributed by atoms with Crippen molar-refractivity contribution in [3.63, 3.8) is 0 Å². The Morgan fingerprint density at radius 2 is 1.95 bits per heavy atom. The maximum atomic E-state index is 10.2. The molecule has 2 aromatic carbocycles. The van der Waals surface area contributed by atoms with Crippen molar-refractivity contribution in [3.05, 3.63) is 65.2 Å². The van der Waals surface area contributed by atoms with Gasteiger partial charge in [-0.1, -0.05) is 42.5 Å². The highest BCUT2D eigenvalue weighted by atomic mass is 16.5. The predicted molar refractivity (Wildman–Crippen MR) is 85.2 cm³/mol. The summed E-state index contributed by atoms with van der Waals surface area (Å²) in [6, 6.07) is 16.8. The van der Waals surface area contributed by atoms with Crippen LogP contribution in [0.1, 0.15) is 29.0 Å². The molecule has 1 heterocycles. The zero-order valence-electron chi connectivity index (χ0n) is 12.5. The highest BCUT2D eigenvalue weighted by Gasteiger charge is 2.24. The average molecular weight is 296 g/mol. The van der Waals surface area contributed by atoms with Crippen molar-refractivity contribution in [1.29, 1.82) is 0 Å². The molecular formula is C19H20O3. The molecule has 22 heavy (non-hydrogen) atoms. The van der Waals surface area contributed by atoms with E-state index in [1.165, 1.54) is 16.7 Å². The van der Waals surface area contributed by atoms with Gasteiger partial charge in [0.2, 0.25) is 0 Å². The van der Waals surface area contributed by atoms with E-state index in [2.05, 4.69) is 30.3 Å². The topological polar surface area (TPSA) is 35.5 Å². The Labute approximate surface area is 130 Å². The minimum Gasteiger partial charge on any atom is -0.493 e. The van der Waals surface area contributed by atoms with Crippen molar-refractivity contribution in [1.82, 2.24) is 0 Å². The lowest BCUT2D eigenvalue weighted by Crippen LogP contribution is -2.03. The fourth-order valence-electron chi connectivity index (χ4n) is 2.93. The Morgan fingerprint density at radius 3 is 2.77 bits per heavy atom. The van der Waals surface area contributed by atoms with Gasteiger partial charge in [-0.05, 0) is 30.0 Å². The number of carbonyl (C=O) groups is 1. The Kier molecular flexibility index (Phi) is 4.74. The predicted octanol–water partition coefficient (Wildman–Crippen LogP) is 3.51. The van der Waals surface area contributed by atoms with E-state index in [4.69, 9.17) is 9.47 Å². The minimum absolute atomic E-state index is 0.428. The van der Waals surface area contributed by atoms with Gasteiger partial charge in [-0.15, -0.1) is 0 Å². The first-order valence-electron chi connectivity index (χ1n) is 7.71. The van der Waals surface area contributed by atoms with Crippen LogP contribution in [0.3, 0.4) is 0 Å². The highest BCUT2D eigenvalue weighted by Crippen LogP contribution is 2.37. The van der Waals surface area contributed by atoms with Crippen LogP contribution in [-0.4, -0.2) is 19.7 Å². The second-order valence-corrected chi connectivity index (χ2v) is 5.62. The molecule has 0 amide bonds. The molecule has 1 unspecified atom stereocenters. The molecule has 0 N–H and O–H groups in total. The molecule has 0 aromatic heterocycles. The Balaban J connectivity index is 1.64. The molecular weight excluding hydrogens is 276 g/mol. The molecule has 0 saturated carbocycles. The summed E-state index contributed by atoms with van der Waals surface area (Å²) < 4.78 is 10.6. The van der Waals surface area contributed by atoms with Gasteiger partial charge in [-0.25, -0.2) is 0 Å². The maximum absolute atomic E-state index is 10.2. The summed E-state index contributed by atoms with van der Waals surface area (Å²) in [5.41, 5.74) is 3.85. The molecule has 3 nitrogen and oxygen atoms in total. The van der Waals surface area contributed by atoms with E-state index < -0.39 is 0 Å². The number of aryl methyl sites for hydroxylation is 1. The van der Waals surface area contributed by atoms with Crippen molar-refractivity contribution in [2.45, 2.75) is 25.2 Å². The van der Waals surface area contributed by atoms with Crippen molar-refractivity contribution in [2.24, 2.45) is 0 Å². The molecule has 3 heteroatoms. The second kappa shape index (κ2) is 7.12. The van der Waals surface area contributed by atoms with Crippen LogP contribution in [0.4, 0.5) is 0 Å². The van der Waals surface area contributed by atoms with E-state index in [0.29, 0.717) is 19.0 Å². The molecule has 0 spiro atoms. The van der Waals surface area contributed by atoms with Gasteiger partial charge in [0.05, 0.1) is 13.2 Å². The summed E-state index contributed by atoms with van der Waals surface area (Å²) >= 11 is 0. The van der Waals surface area contributed by atoms with Crippen LogP contribution in [0, 0.1) is 0 Å². The maximum Gasteiger partial charge on any atom is 0.293 e. The molecule has 0 saturated heterocycles. The van der Waals surface area contributed by atoms with Crippen LogP contribution in [0.2, 0.25) is 0 Å². The molecule has 2 aromatic rings. The molecule has 1 aliphatic rings. The van der Waals surface area contributed by atoms with Crippen molar-refractivity contribution >= 4 is 6.47 Å². The smallest absolute Gasteiger partial charge is 0.293 e. The van der Waals surface area contributed by atoms with Gasteiger partial charge in [0.1, 0.15) is 5.75 Å². The summed E-state index contributed by atoms with van der Waals surface area (Å²) in [6.45, 7) is 1.69. The van der Waals surface area contributed by atoms with Crippen LogP contribution in [0.15, 0.2) is 48.5 Å². The highest BCUT2D eigenvalue weighted by molar-refractivity contribution is 5.43. The van der Waals surface area contributed by atoms with Gasteiger partial charge >= 0.3 is 0 Å². The third-order valence-electron chi connectivity index (χ3n) is 4.15. The third kappa shape index (κ3) is 3.48. The Morgan fingerprint density at radius 1 is 1.09 bits per heavy atom. The Hall–Kier alpha value is -2.29. The zero-order chi connectivity index (χ0) is 15.2. The number of hydrogen-bond donors (Lipinski definition) is 0. The minimum atomic E-state index is 0.428. The molecule has 0 bridgehead atoms. The number of fused-ring (bicyclic) bond motifs is 1. The fraction of sp³-hybridized carbons (Fsp3) is 0.316. The first kappa shape index (κ1) is 14.6. The summed E-state index contributed by atoms with van der Waals surface area (Å²) in [5.74, 6) is 1.44. The second-order valence-electron chi connectivity index (χ2n) is 5.62. The van der Waals surface area contributed by atoms with E-state index in [9.17, 15) is 4.79 Å². The van der Waals surface area contributed by atoms with Gasteiger partial charge in [-0.2, -0.15) is 0 Å². The lowest BCUT2D eigenvalue weighted by atomic mass is 9.92. The normalized spacial score (nSPS) is 15.9. The van der Waals surface area contributed by atoms with E-state index in [1.807, 2.05) is 18.2 Å². The average Bonchev–Trinajstić information content (AvgIpc) is 2.97. The van der Waals surface area contributed by atoms with E-state index in [1.54, 1.807) is 0 Å². The standard InChI is InChI=1S/C19H20O3/c20-14-21-11-10-16-7-9-19-18(12-16)17(13-22-19)8-6-15-4-2-1-3-5-15/h1-5,7,9,12,14,17H,6,8,10-11,13H2. The van der Waals surface area contributed by atoms with Crippen LogP contribution >= 0.6 is 0 Å². The number of benzene rings is 2. The number of ether oxygens (including phenoxy) is 2. The summed E-state index contributed by atoms with van der Waals surface area (Å²) in [5, 5.41) is 0. The van der Waals surface area contributed by atoms with Gasteiger partial charge in [0.25, 0.3) is 6.47 Å². The zero-order valence-corrected chi connectivity index (χ0v) is 12.5. The molecule has 0 fully saturated rings. The van der Waals surface area contributed by atoms with E-state index in [-0.39, 0.29) is 0 Å². The van der Waals surface area contributed by atoms with Gasteiger partial charge in [0, 0.05) is 17.9 Å². The van der Waals surface area contributed by atoms with Crippen LogP contribution in [0.25, 0.3) is 0 Å². The molecule has 1 atom stereocenters. The number of hydrogen-bond acceptors (Lipinski definition) is 3. The molecule has 0 radical (unpaired) electrons. The SMILES string of the molecule is O=COCCc1ccc2c(c1)C(CCc1ccccc1)CO2. The number of carbonyl (C=O) groups excluding carboxylic acids is 1. The van der Waals surface area contributed by atoms with Gasteiger partial charge in [0.15, 0.2) is 0 Å². The molecule has 1 aliphatic heterocycles. The van der Waals surface area contributed by atoms with Crippen LogP contribution in [-0.2, 0) is 22.4 Å². The first-order chi connectivity index (χ1) is 10.9. The fourth-order valence-corrected chi connectivity index (χ4v) is 2.93. The summed E-state index contributed by atoms with van der Waals surface area (Å²) in [4.78, 5) is 10.2. The van der Waals surface area contributed by atoms with Crippen molar-refractivity contribution in [2.75, 3.05) is 13.2 Å². The van der Waals surface area contributed by atoms with E-state index >= 15 is 0 Å². The van der Waals surface area contributed by atoms with Gasteiger partial charge < -0.3 is 9.47 Å². The largest absolute Gasteiger partial charge is 0.493 e. The van der Waals surface area contributed by atoms with Gasteiger partial charge in [-0.3, -0.25) is 4.79 Å². The summed E-state index contributed by atoms with van der Waals surface area (Å²) in [6.07, 6.45) is 2.90. The molecule has 0 aliphatic carbocycles. The molecule has 114 valence electrons. The molecule has 3 rings (SSSR count). The monoisotopic (exact) mass is 296 g/mol. The van der Waals surface area contributed by atoms with Crippen LogP contribution < -0.4 is 4.74 Å². The Bertz CT molecular complexity index is 622. The van der Waals surface area contributed by atoms with E-state index in [0.717, 1.165) is 31.6 Å². The van der Waals surface area contributed by atoms with Crippen molar-refractivity contribution in [3.8, 4) is 5.75 Å². The quantitative estimate of drug-likeness (QED) is 0.579.